The second kappa shape index (κ2) is 5.36. The van der Waals surface area contributed by atoms with Gasteiger partial charge >= 0.3 is 0 Å². The van der Waals surface area contributed by atoms with E-state index in [-0.39, 0.29) is 10.3 Å². The maximum absolute atomic E-state index is 12.5. The van der Waals surface area contributed by atoms with Crippen LogP contribution in [0.2, 0.25) is 0 Å². The minimum Gasteiger partial charge on any atom is -0.315 e. The van der Waals surface area contributed by atoms with Crippen molar-refractivity contribution in [1.29, 1.82) is 5.26 Å². The highest BCUT2D eigenvalue weighted by Gasteiger charge is 2.32. The summed E-state index contributed by atoms with van der Waals surface area (Å²) in [6.45, 7) is 3.84. The van der Waals surface area contributed by atoms with Gasteiger partial charge in [-0.25, -0.2) is 8.42 Å². The first kappa shape index (κ1) is 13.5. The van der Waals surface area contributed by atoms with Gasteiger partial charge in [0.05, 0.1) is 0 Å². The lowest BCUT2D eigenvalue weighted by atomic mass is 10.3. The van der Waals surface area contributed by atoms with Gasteiger partial charge in [-0.3, -0.25) is 0 Å². The standard InChI is InChI=1S/C11H15N3O2S2/c1-2-14(9-5-6-13-8-9)18(15,16)11-4-3-10(7-12)17-11/h3-4,9,13H,2,5-6,8H2,1H3. The first-order valence-electron chi connectivity index (χ1n) is 5.82. The SMILES string of the molecule is CCN(C1CCNC1)S(=O)(=O)c1ccc(C#N)s1. The highest BCUT2D eigenvalue weighted by atomic mass is 32.2. The van der Waals surface area contributed by atoms with E-state index in [1.807, 2.05) is 13.0 Å². The Morgan fingerprint density at radius 1 is 1.61 bits per heavy atom. The van der Waals surface area contributed by atoms with Gasteiger partial charge in [0.15, 0.2) is 0 Å². The van der Waals surface area contributed by atoms with E-state index in [4.69, 9.17) is 5.26 Å². The Morgan fingerprint density at radius 3 is 2.89 bits per heavy atom. The average molecular weight is 285 g/mol. The molecule has 0 spiro atoms. The Morgan fingerprint density at radius 2 is 2.39 bits per heavy atom. The van der Waals surface area contributed by atoms with Crippen molar-refractivity contribution >= 4 is 21.4 Å². The third kappa shape index (κ3) is 2.42. The Balaban J connectivity index is 2.30. The molecule has 1 unspecified atom stereocenters. The molecule has 98 valence electrons. The highest BCUT2D eigenvalue weighted by molar-refractivity contribution is 7.91. The van der Waals surface area contributed by atoms with Gasteiger partial charge < -0.3 is 5.32 Å². The van der Waals surface area contributed by atoms with Gasteiger partial charge in [-0.15, -0.1) is 11.3 Å². The van der Waals surface area contributed by atoms with Crippen LogP contribution in [-0.4, -0.2) is 38.4 Å². The van der Waals surface area contributed by atoms with Crippen molar-refractivity contribution in [1.82, 2.24) is 9.62 Å². The van der Waals surface area contributed by atoms with E-state index in [0.29, 0.717) is 18.0 Å². The zero-order chi connectivity index (χ0) is 13.2. The molecule has 0 aliphatic carbocycles. The molecule has 1 fully saturated rings. The molecule has 1 aliphatic rings. The Bertz CT molecular complexity index is 553. The summed E-state index contributed by atoms with van der Waals surface area (Å²) in [6.07, 6.45) is 0.837. The van der Waals surface area contributed by atoms with E-state index in [1.54, 1.807) is 6.07 Å². The molecular weight excluding hydrogens is 270 g/mol. The molecule has 1 aromatic heterocycles. The van der Waals surface area contributed by atoms with Crippen LogP contribution in [0.1, 0.15) is 18.2 Å². The van der Waals surface area contributed by atoms with Gasteiger partial charge in [-0.05, 0) is 25.1 Å². The quantitative estimate of drug-likeness (QED) is 0.895. The number of hydrogen-bond donors (Lipinski definition) is 1. The molecule has 5 nitrogen and oxygen atoms in total. The van der Waals surface area contributed by atoms with Gasteiger partial charge in [0.1, 0.15) is 15.2 Å². The Hall–Kier alpha value is -0.940. The maximum Gasteiger partial charge on any atom is 0.252 e. The molecule has 1 N–H and O–H groups in total. The Kier molecular flexibility index (Phi) is 4.02. The van der Waals surface area contributed by atoms with E-state index in [2.05, 4.69) is 5.32 Å². The second-order valence-corrected chi connectivity index (χ2v) is 7.29. The number of sulfonamides is 1. The van der Waals surface area contributed by atoms with Crippen LogP contribution in [-0.2, 0) is 10.0 Å². The maximum atomic E-state index is 12.5. The van der Waals surface area contributed by atoms with Crippen molar-refractivity contribution < 1.29 is 8.42 Å². The third-order valence-corrected chi connectivity index (χ3v) is 6.49. The minimum atomic E-state index is -3.46. The van der Waals surface area contributed by atoms with Crippen molar-refractivity contribution in [3.05, 3.63) is 17.0 Å². The third-order valence-electron chi connectivity index (χ3n) is 3.01. The number of rotatable bonds is 4. The molecule has 1 saturated heterocycles. The summed E-state index contributed by atoms with van der Waals surface area (Å²) in [5.74, 6) is 0. The van der Waals surface area contributed by atoms with E-state index in [9.17, 15) is 8.42 Å². The molecule has 0 amide bonds. The minimum absolute atomic E-state index is 0.0210. The first-order valence-corrected chi connectivity index (χ1v) is 8.07. The molecular formula is C11H15N3O2S2. The molecule has 1 aromatic rings. The van der Waals surface area contributed by atoms with Gasteiger partial charge in [0, 0.05) is 19.1 Å². The molecule has 2 rings (SSSR count). The predicted octanol–water partition coefficient (Wildman–Crippen LogP) is 0.992. The van der Waals surface area contributed by atoms with Gasteiger partial charge in [0.25, 0.3) is 10.0 Å². The first-order chi connectivity index (χ1) is 8.59. The predicted molar refractivity (Wildman–Crippen MR) is 69.9 cm³/mol. The molecule has 0 aromatic carbocycles. The topological polar surface area (TPSA) is 73.2 Å². The molecule has 18 heavy (non-hydrogen) atoms. The largest absolute Gasteiger partial charge is 0.315 e. The normalized spacial score (nSPS) is 20.2. The van der Waals surface area contributed by atoms with Crippen molar-refractivity contribution in [3.8, 4) is 6.07 Å². The number of likely N-dealkylation sites (N-methyl/N-ethyl adjacent to an activating group) is 1. The van der Waals surface area contributed by atoms with Crippen LogP contribution < -0.4 is 5.32 Å². The summed E-state index contributed by atoms with van der Waals surface area (Å²) in [5.41, 5.74) is 0. The average Bonchev–Trinajstić information content (AvgIpc) is 3.00. The lowest BCUT2D eigenvalue weighted by Crippen LogP contribution is -2.41. The van der Waals surface area contributed by atoms with E-state index >= 15 is 0 Å². The number of hydrogen-bond acceptors (Lipinski definition) is 5. The fourth-order valence-corrected chi connectivity index (χ4v) is 5.04. The van der Waals surface area contributed by atoms with E-state index < -0.39 is 10.0 Å². The van der Waals surface area contributed by atoms with Gasteiger partial charge in [-0.1, -0.05) is 6.92 Å². The van der Waals surface area contributed by atoms with Crippen LogP contribution in [0.25, 0.3) is 0 Å². The zero-order valence-corrected chi connectivity index (χ0v) is 11.7. The molecule has 7 heteroatoms. The number of nitriles is 1. The van der Waals surface area contributed by atoms with E-state index in [1.165, 1.54) is 10.4 Å². The molecule has 2 heterocycles. The lowest BCUT2D eigenvalue weighted by molar-refractivity contribution is 0.349. The van der Waals surface area contributed by atoms with Crippen LogP contribution >= 0.6 is 11.3 Å². The van der Waals surface area contributed by atoms with Gasteiger partial charge in [-0.2, -0.15) is 9.57 Å². The monoisotopic (exact) mass is 285 g/mol. The van der Waals surface area contributed by atoms with Crippen LogP contribution in [0.5, 0.6) is 0 Å². The highest BCUT2D eigenvalue weighted by Crippen LogP contribution is 2.26. The number of thiophene rings is 1. The summed E-state index contributed by atoms with van der Waals surface area (Å²) in [4.78, 5) is 0.425. The zero-order valence-electron chi connectivity index (χ0n) is 10.1. The molecule has 0 saturated carbocycles. The van der Waals surface area contributed by atoms with Gasteiger partial charge in [0.2, 0.25) is 0 Å². The summed E-state index contributed by atoms with van der Waals surface area (Å²) >= 11 is 1.03. The molecule has 1 atom stereocenters. The lowest BCUT2D eigenvalue weighted by Gasteiger charge is -2.25. The van der Waals surface area contributed by atoms with Crippen LogP contribution in [0.4, 0.5) is 0 Å². The summed E-state index contributed by atoms with van der Waals surface area (Å²) in [7, 11) is -3.46. The Labute approximate surface area is 111 Å². The summed E-state index contributed by atoms with van der Waals surface area (Å²) < 4.78 is 26.7. The molecule has 0 bridgehead atoms. The number of nitrogens with zero attached hydrogens (tertiary/aromatic N) is 2. The summed E-state index contributed by atoms with van der Waals surface area (Å²) in [5, 5.41) is 11.9. The van der Waals surface area contributed by atoms with E-state index in [0.717, 1.165) is 24.3 Å². The number of nitrogens with one attached hydrogen (secondary N) is 1. The van der Waals surface area contributed by atoms with Crippen molar-refractivity contribution in [2.45, 2.75) is 23.6 Å². The molecule has 0 radical (unpaired) electrons. The van der Waals surface area contributed by atoms with Crippen molar-refractivity contribution in [2.24, 2.45) is 0 Å². The van der Waals surface area contributed by atoms with Crippen LogP contribution in [0.3, 0.4) is 0 Å². The fraction of sp³-hybridized carbons (Fsp3) is 0.545. The van der Waals surface area contributed by atoms with Crippen LogP contribution in [0, 0.1) is 11.3 Å². The second-order valence-electron chi connectivity index (χ2n) is 4.09. The smallest absolute Gasteiger partial charge is 0.252 e. The van der Waals surface area contributed by atoms with Crippen molar-refractivity contribution in [3.63, 3.8) is 0 Å². The van der Waals surface area contributed by atoms with Crippen molar-refractivity contribution in [2.75, 3.05) is 19.6 Å². The molecule has 1 aliphatic heterocycles. The summed E-state index contributed by atoms with van der Waals surface area (Å²) in [6, 6.07) is 5.06. The fourth-order valence-electron chi connectivity index (χ4n) is 2.14. The van der Waals surface area contributed by atoms with Crippen LogP contribution in [0.15, 0.2) is 16.3 Å².